The Labute approximate surface area is 104 Å². The van der Waals surface area contributed by atoms with Crippen LogP contribution in [0.2, 0.25) is 0 Å². The van der Waals surface area contributed by atoms with Crippen molar-refractivity contribution in [2.45, 2.75) is 12.3 Å². The maximum absolute atomic E-state index is 11.0. The van der Waals surface area contributed by atoms with Gasteiger partial charge in [0, 0.05) is 8.04 Å². The van der Waals surface area contributed by atoms with Crippen LogP contribution in [0.5, 0.6) is 0 Å². The first-order valence-corrected chi connectivity index (χ1v) is 5.92. The van der Waals surface area contributed by atoms with Crippen molar-refractivity contribution in [1.29, 1.82) is 0 Å². The van der Waals surface area contributed by atoms with Gasteiger partial charge in [-0.15, -0.1) is 11.6 Å². The molecule has 0 bridgehead atoms. The molecule has 13 heavy (non-hydrogen) atoms. The molecular weight excluding hydrogens is 366 g/mol. The number of ketones is 1. The molecule has 0 aliphatic heterocycles. The Morgan fingerprint density at radius 3 is 2.69 bits per heavy atom. The third kappa shape index (κ3) is 2.92. The molecule has 4 heteroatoms. The molecule has 0 saturated carbocycles. The van der Waals surface area contributed by atoms with Gasteiger partial charge in [-0.2, -0.15) is 0 Å². The van der Waals surface area contributed by atoms with Crippen molar-refractivity contribution in [1.82, 2.24) is 0 Å². The van der Waals surface area contributed by atoms with Gasteiger partial charge in [-0.05, 0) is 63.1 Å². The average Bonchev–Trinajstić information content (AvgIpc) is 2.08. The number of halogens is 3. The Morgan fingerprint density at radius 1 is 1.62 bits per heavy atom. The Morgan fingerprint density at radius 2 is 2.23 bits per heavy atom. The highest BCUT2D eigenvalue weighted by atomic mass is 127. The topological polar surface area (TPSA) is 17.1 Å². The minimum Gasteiger partial charge on any atom is -0.298 e. The molecule has 1 nitrogen and oxygen atoms in total. The van der Waals surface area contributed by atoms with Gasteiger partial charge >= 0.3 is 0 Å². The van der Waals surface area contributed by atoms with Crippen LogP contribution in [0.4, 0.5) is 0 Å². The van der Waals surface area contributed by atoms with Crippen molar-refractivity contribution in [3.05, 3.63) is 31.8 Å². The lowest BCUT2D eigenvalue weighted by Gasteiger charge is -2.06. The number of carbonyl (C=O) groups excluding carboxylic acids is 1. The van der Waals surface area contributed by atoms with E-state index in [1.165, 1.54) is 6.92 Å². The Hall–Kier alpha value is 0.390. The van der Waals surface area contributed by atoms with Crippen molar-refractivity contribution in [2.24, 2.45) is 0 Å². The van der Waals surface area contributed by atoms with Gasteiger partial charge in [0.15, 0.2) is 5.78 Å². The van der Waals surface area contributed by atoms with Crippen LogP contribution < -0.4 is 0 Å². The quantitative estimate of drug-likeness (QED) is 0.567. The minimum atomic E-state index is -0.534. The maximum atomic E-state index is 11.0. The summed E-state index contributed by atoms with van der Waals surface area (Å²) in [6, 6.07) is 5.67. The van der Waals surface area contributed by atoms with E-state index in [1.54, 1.807) is 0 Å². The predicted molar refractivity (Wildman–Crippen MR) is 66.1 cm³/mol. The Bertz CT molecular complexity index is 340. The van der Waals surface area contributed by atoms with E-state index < -0.39 is 5.38 Å². The number of hydrogen-bond donors (Lipinski definition) is 0. The van der Waals surface area contributed by atoms with E-state index in [2.05, 4.69) is 38.5 Å². The van der Waals surface area contributed by atoms with Gasteiger partial charge < -0.3 is 0 Å². The molecule has 1 rings (SSSR count). The number of carbonyl (C=O) groups is 1. The molecule has 0 aromatic heterocycles. The first-order valence-electron chi connectivity index (χ1n) is 3.62. The van der Waals surface area contributed by atoms with Gasteiger partial charge in [0.1, 0.15) is 5.38 Å². The van der Waals surface area contributed by atoms with E-state index in [-0.39, 0.29) is 5.78 Å². The molecule has 0 aliphatic carbocycles. The van der Waals surface area contributed by atoms with E-state index in [9.17, 15) is 4.79 Å². The van der Waals surface area contributed by atoms with E-state index in [1.807, 2.05) is 18.2 Å². The van der Waals surface area contributed by atoms with Crippen LogP contribution in [0.1, 0.15) is 17.9 Å². The van der Waals surface area contributed by atoms with Crippen molar-refractivity contribution in [3.8, 4) is 0 Å². The third-order valence-corrected chi connectivity index (χ3v) is 4.49. The smallest absolute Gasteiger partial charge is 0.152 e. The molecule has 0 heterocycles. The summed E-state index contributed by atoms with van der Waals surface area (Å²) >= 11 is 11.5. The number of Topliss-reactive ketones (excluding diaryl/α,β-unsaturated/α-hetero) is 1. The monoisotopic (exact) mass is 372 g/mol. The molecule has 0 aliphatic rings. The van der Waals surface area contributed by atoms with Crippen molar-refractivity contribution >= 4 is 55.9 Å². The van der Waals surface area contributed by atoms with Crippen LogP contribution in [0.3, 0.4) is 0 Å². The molecule has 0 radical (unpaired) electrons. The minimum absolute atomic E-state index is 0.0326. The molecule has 0 fully saturated rings. The van der Waals surface area contributed by atoms with Crippen molar-refractivity contribution in [3.63, 3.8) is 0 Å². The largest absolute Gasteiger partial charge is 0.298 e. The summed E-state index contributed by atoms with van der Waals surface area (Å²) in [4.78, 5) is 11.0. The number of benzene rings is 1. The molecule has 1 atom stereocenters. The van der Waals surface area contributed by atoms with Gasteiger partial charge in [-0.1, -0.05) is 6.07 Å². The summed E-state index contributed by atoms with van der Waals surface area (Å²) in [6.45, 7) is 1.49. The van der Waals surface area contributed by atoms with Gasteiger partial charge in [0.2, 0.25) is 0 Å². The highest BCUT2D eigenvalue weighted by Crippen LogP contribution is 2.27. The fourth-order valence-electron chi connectivity index (χ4n) is 0.905. The van der Waals surface area contributed by atoms with Crippen LogP contribution in [-0.2, 0) is 4.79 Å². The van der Waals surface area contributed by atoms with E-state index in [0.717, 1.165) is 13.6 Å². The molecule has 70 valence electrons. The summed E-state index contributed by atoms with van der Waals surface area (Å²) in [7, 11) is 0. The summed E-state index contributed by atoms with van der Waals surface area (Å²) in [5.41, 5.74) is 0.835. The summed E-state index contributed by atoms with van der Waals surface area (Å²) in [5, 5.41) is -0.534. The molecule has 0 N–H and O–H groups in total. The lowest BCUT2D eigenvalue weighted by atomic mass is 10.1. The van der Waals surface area contributed by atoms with Crippen LogP contribution in [0.25, 0.3) is 0 Å². The molecule has 0 saturated heterocycles. The lowest BCUT2D eigenvalue weighted by Crippen LogP contribution is -2.01. The summed E-state index contributed by atoms with van der Waals surface area (Å²) in [5.74, 6) is -0.0326. The average molecular weight is 373 g/mol. The number of alkyl halides is 1. The second-order valence-electron chi connectivity index (χ2n) is 2.65. The standard InChI is InChI=1S/C9H7BrClIO/c1-5(13)9(11)6-2-3-8(12)7(10)4-6/h2-4,9H,1H3. The zero-order valence-corrected chi connectivity index (χ0v) is 11.4. The van der Waals surface area contributed by atoms with Crippen molar-refractivity contribution in [2.75, 3.05) is 0 Å². The Kier molecular flexibility index (Phi) is 4.19. The second kappa shape index (κ2) is 4.75. The number of hydrogen-bond acceptors (Lipinski definition) is 1. The van der Waals surface area contributed by atoms with Gasteiger partial charge in [-0.25, -0.2) is 0 Å². The SMILES string of the molecule is CC(=O)C(Cl)c1ccc(I)c(Br)c1. The molecule has 1 unspecified atom stereocenters. The van der Waals surface area contributed by atoms with E-state index in [0.29, 0.717) is 0 Å². The van der Waals surface area contributed by atoms with Gasteiger partial charge in [0.05, 0.1) is 0 Å². The van der Waals surface area contributed by atoms with Crippen LogP contribution in [-0.4, -0.2) is 5.78 Å². The highest BCUT2D eigenvalue weighted by Gasteiger charge is 2.13. The van der Waals surface area contributed by atoms with Crippen LogP contribution >= 0.6 is 50.1 Å². The zero-order chi connectivity index (χ0) is 10.0. The van der Waals surface area contributed by atoms with E-state index >= 15 is 0 Å². The van der Waals surface area contributed by atoms with Crippen LogP contribution in [0.15, 0.2) is 22.7 Å². The Balaban J connectivity index is 3.03. The summed E-state index contributed by atoms with van der Waals surface area (Å²) in [6.07, 6.45) is 0. The molecule has 0 amide bonds. The fourth-order valence-corrected chi connectivity index (χ4v) is 1.77. The normalized spacial score (nSPS) is 12.6. The summed E-state index contributed by atoms with van der Waals surface area (Å²) < 4.78 is 2.08. The van der Waals surface area contributed by atoms with Gasteiger partial charge in [0.25, 0.3) is 0 Å². The molecule has 0 spiro atoms. The van der Waals surface area contributed by atoms with Gasteiger partial charge in [-0.3, -0.25) is 4.79 Å². The maximum Gasteiger partial charge on any atom is 0.152 e. The molecule has 1 aromatic carbocycles. The zero-order valence-electron chi connectivity index (χ0n) is 6.85. The highest BCUT2D eigenvalue weighted by molar-refractivity contribution is 14.1. The first kappa shape index (κ1) is 11.5. The first-order chi connectivity index (χ1) is 6.02. The van der Waals surface area contributed by atoms with Crippen molar-refractivity contribution < 1.29 is 4.79 Å². The predicted octanol–water partition coefficient (Wildman–Crippen LogP) is 3.92. The number of rotatable bonds is 2. The second-order valence-corrected chi connectivity index (χ2v) is 5.10. The fraction of sp³-hybridized carbons (Fsp3) is 0.222. The molecule has 1 aromatic rings. The van der Waals surface area contributed by atoms with E-state index in [4.69, 9.17) is 11.6 Å². The molecular formula is C9H7BrClIO. The third-order valence-electron chi connectivity index (χ3n) is 1.59. The van der Waals surface area contributed by atoms with Crippen LogP contribution in [0, 0.1) is 3.57 Å². The lowest BCUT2D eigenvalue weighted by molar-refractivity contribution is -0.116.